The maximum atomic E-state index is 13.2. The second-order valence-corrected chi connectivity index (χ2v) is 9.22. The van der Waals surface area contributed by atoms with Crippen LogP contribution in [0.2, 0.25) is 0 Å². The number of fused-ring (bicyclic) bond motifs is 1. The molecule has 3 N–H and O–H groups in total. The summed E-state index contributed by atoms with van der Waals surface area (Å²) in [7, 11) is 0. The number of hydrogen-bond acceptors (Lipinski definition) is 4. The van der Waals surface area contributed by atoms with Gasteiger partial charge in [-0.2, -0.15) is 13.2 Å². The number of anilines is 1. The molecule has 33 heavy (non-hydrogen) atoms. The number of halogens is 3. The normalized spacial score (nSPS) is 14.9. The van der Waals surface area contributed by atoms with E-state index in [9.17, 15) is 22.8 Å². The zero-order valence-corrected chi connectivity index (χ0v) is 18.5. The van der Waals surface area contributed by atoms with Gasteiger partial charge in [0.1, 0.15) is 10.7 Å². The number of alkyl halides is 3. The Bertz CT molecular complexity index is 1210. The minimum Gasteiger partial charge on any atom is -0.334 e. The van der Waals surface area contributed by atoms with Gasteiger partial charge in [-0.15, -0.1) is 11.8 Å². The van der Waals surface area contributed by atoms with Gasteiger partial charge in [-0.25, -0.2) is 9.78 Å². The van der Waals surface area contributed by atoms with Crippen molar-refractivity contribution in [2.45, 2.75) is 55.1 Å². The second kappa shape index (κ2) is 9.86. The maximum absolute atomic E-state index is 13.2. The average molecular weight is 477 g/mol. The molecule has 1 aliphatic rings. The lowest BCUT2D eigenvalue weighted by molar-refractivity contribution is -0.141. The second-order valence-electron chi connectivity index (χ2n) is 7.93. The van der Waals surface area contributed by atoms with Crippen LogP contribution in [0.15, 0.2) is 52.3 Å². The number of benzene rings is 1. The van der Waals surface area contributed by atoms with Crippen molar-refractivity contribution in [3.63, 3.8) is 0 Å². The first-order chi connectivity index (χ1) is 15.8. The van der Waals surface area contributed by atoms with Crippen LogP contribution in [-0.4, -0.2) is 21.2 Å². The minimum atomic E-state index is -4.53. The van der Waals surface area contributed by atoms with Gasteiger partial charge in [-0.1, -0.05) is 31.4 Å². The lowest BCUT2D eigenvalue weighted by Gasteiger charge is -2.22. The number of urea groups is 1. The first-order valence-electron chi connectivity index (χ1n) is 10.7. The van der Waals surface area contributed by atoms with Crippen LogP contribution in [-0.2, 0) is 12.7 Å². The molecule has 2 heterocycles. The highest BCUT2D eigenvalue weighted by atomic mass is 32.2. The zero-order chi connectivity index (χ0) is 23.4. The molecule has 1 fully saturated rings. The van der Waals surface area contributed by atoms with Gasteiger partial charge in [0, 0.05) is 28.8 Å². The summed E-state index contributed by atoms with van der Waals surface area (Å²) in [6.07, 6.45) is 0.619. The summed E-state index contributed by atoms with van der Waals surface area (Å²) in [5, 5.41) is 6.63. The maximum Gasteiger partial charge on any atom is 0.433 e. The number of carbonyl (C=O) groups excluding carboxylic acids is 1. The van der Waals surface area contributed by atoms with Crippen molar-refractivity contribution in [2.24, 2.45) is 0 Å². The molecule has 174 valence electrons. The van der Waals surface area contributed by atoms with E-state index in [0.717, 1.165) is 38.2 Å². The van der Waals surface area contributed by atoms with E-state index in [1.807, 2.05) is 0 Å². The van der Waals surface area contributed by atoms with Crippen molar-refractivity contribution in [3.8, 4) is 0 Å². The van der Waals surface area contributed by atoms with E-state index < -0.39 is 17.9 Å². The highest BCUT2D eigenvalue weighted by Gasteiger charge is 2.33. The van der Waals surface area contributed by atoms with Gasteiger partial charge in [0.15, 0.2) is 0 Å². The Balaban J connectivity index is 1.49. The fourth-order valence-corrected chi connectivity index (χ4v) is 5.17. The Labute approximate surface area is 192 Å². The van der Waals surface area contributed by atoms with Crippen LogP contribution < -0.4 is 16.2 Å². The summed E-state index contributed by atoms with van der Waals surface area (Å²) >= 11 is 1.36. The Morgan fingerprint density at radius 1 is 1.09 bits per heavy atom. The van der Waals surface area contributed by atoms with E-state index in [-0.39, 0.29) is 17.4 Å². The van der Waals surface area contributed by atoms with Crippen molar-refractivity contribution < 1.29 is 18.0 Å². The molecule has 10 heteroatoms. The molecule has 6 nitrogen and oxygen atoms in total. The third-order valence-corrected chi connectivity index (χ3v) is 6.89. The fraction of sp³-hybridized carbons (Fsp3) is 0.348. The van der Waals surface area contributed by atoms with Gasteiger partial charge in [0.25, 0.3) is 0 Å². The first-order valence-corrected chi connectivity index (χ1v) is 11.6. The predicted molar refractivity (Wildman–Crippen MR) is 122 cm³/mol. The summed E-state index contributed by atoms with van der Waals surface area (Å²) in [5.41, 5.74) is 0.443. The fourth-order valence-electron chi connectivity index (χ4n) is 3.84. The Hall–Kier alpha value is -3.01. The third kappa shape index (κ3) is 5.87. The quantitative estimate of drug-likeness (QED) is 0.442. The van der Waals surface area contributed by atoms with Crippen LogP contribution >= 0.6 is 11.8 Å². The van der Waals surface area contributed by atoms with Crippen LogP contribution in [0, 0.1) is 0 Å². The summed E-state index contributed by atoms with van der Waals surface area (Å²) in [4.78, 5) is 30.6. The first kappa shape index (κ1) is 23.2. The summed E-state index contributed by atoms with van der Waals surface area (Å²) in [5.74, 6) is 0. The van der Waals surface area contributed by atoms with Crippen molar-refractivity contribution in [2.75, 3.05) is 5.32 Å². The van der Waals surface area contributed by atoms with Gasteiger partial charge in [-0.05, 0) is 37.1 Å². The van der Waals surface area contributed by atoms with E-state index in [4.69, 9.17) is 0 Å². The summed E-state index contributed by atoms with van der Waals surface area (Å²) in [6, 6.07) is 9.92. The molecule has 0 atom stereocenters. The van der Waals surface area contributed by atoms with Gasteiger partial charge >= 0.3 is 12.2 Å². The molecule has 0 bridgehead atoms. The number of hydrogen-bond donors (Lipinski definition) is 3. The lowest BCUT2D eigenvalue weighted by Crippen LogP contribution is -2.29. The molecule has 1 aliphatic carbocycles. The SMILES string of the molecule is O=C(NCc1ccc(C(F)(F)F)nc1SC1CCCCC1)Nc1cccc2[nH]c(=O)ccc12. The Morgan fingerprint density at radius 2 is 1.88 bits per heavy atom. The van der Waals surface area contributed by atoms with Crippen molar-refractivity contribution in [1.82, 2.24) is 15.3 Å². The highest BCUT2D eigenvalue weighted by molar-refractivity contribution is 7.99. The molecule has 0 radical (unpaired) electrons. The van der Waals surface area contributed by atoms with E-state index in [0.29, 0.717) is 27.2 Å². The van der Waals surface area contributed by atoms with Crippen LogP contribution in [0.25, 0.3) is 10.9 Å². The minimum absolute atomic E-state index is 0.0353. The Morgan fingerprint density at radius 3 is 2.64 bits per heavy atom. The molecule has 2 aromatic heterocycles. The molecule has 2 amide bonds. The number of rotatable bonds is 5. The number of pyridine rings is 2. The van der Waals surface area contributed by atoms with E-state index in [1.54, 1.807) is 24.3 Å². The number of carbonyl (C=O) groups is 1. The standard InChI is InChI=1S/C23H23F3N4O2S/c24-23(25,26)19-11-9-14(21(30-19)33-15-5-2-1-3-6-15)13-27-22(32)29-18-8-4-7-17-16(18)10-12-20(31)28-17/h4,7-12,15H,1-3,5-6,13H2,(H,28,31)(H2,27,29,32). The molecule has 0 spiro atoms. The molecule has 0 saturated heterocycles. The molecular weight excluding hydrogens is 453 g/mol. The van der Waals surface area contributed by atoms with Crippen LogP contribution in [0.3, 0.4) is 0 Å². The number of amides is 2. The van der Waals surface area contributed by atoms with Gasteiger partial charge < -0.3 is 15.6 Å². The van der Waals surface area contributed by atoms with Crippen molar-refractivity contribution in [1.29, 1.82) is 0 Å². The predicted octanol–water partition coefficient (Wildman–Crippen LogP) is 5.69. The molecular formula is C23H23F3N4O2S. The van der Waals surface area contributed by atoms with Crippen molar-refractivity contribution >= 4 is 34.4 Å². The lowest BCUT2D eigenvalue weighted by atomic mass is 10.0. The largest absolute Gasteiger partial charge is 0.433 e. The molecule has 0 unspecified atom stereocenters. The molecule has 3 aromatic rings. The Kier molecular flexibility index (Phi) is 6.92. The number of nitrogens with one attached hydrogen (secondary N) is 3. The van der Waals surface area contributed by atoms with Crippen molar-refractivity contribution in [3.05, 3.63) is 64.1 Å². The molecule has 1 saturated carbocycles. The molecule has 1 aromatic carbocycles. The van der Waals surface area contributed by atoms with Crippen LogP contribution in [0.5, 0.6) is 0 Å². The van der Waals surface area contributed by atoms with E-state index in [1.165, 1.54) is 23.9 Å². The number of thioether (sulfide) groups is 1. The molecule has 0 aliphatic heterocycles. The summed E-state index contributed by atoms with van der Waals surface area (Å²) < 4.78 is 39.6. The monoisotopic (exact) mass is 476 g/mol. The van der Waals surface area contributed by atoms with E-state index >= 15 is 0 Å². The summed E-state index contributed by atoms with van der Waals surface area (Å²) in [6.45, 7) is 0.0353. The van der Waals surface area contributed by atoms with Gasteiger partial charge in [-0.3, -0.25) is 4.79 Å². The topological polar surface area (TPSA) is 86.9 Å². The zero-order valence-electron chi connectivity index (χ0n) is 17.7. The van der Waals surface area contributed by atoms with Gasteiger partial charge in [0.05, 0.1) is 11.2 Å². The number of aromatic amines is 1. The van der Waals surface area contributed by atoms with Gasteiger partial charge in [0.2, 0.25) is 5.56 Å². The van der Waals surface area contributed by atoms with Crippen LogP contribution in [0.1, 0.15) is 43.4 Å². The molecule has 4 rings (SSSR count). The highest BCUT2D eigenvalue weighted by Crippen LogP contribution is 2.36. The third-order valence-electron chi connectivity index (χ3n) is 5.51. The number of nitrogens with zero attached hydrogens (tertiary/aromatic N) is 1. The number of aromatic nitrogens is 2. The average Bonchev–Trinajstić information content (AvgIpc) is 2.78. The van der Waals surface area contributed by atoms with E-state index in [2.05, 4.69) is 20.6 Å². The smallest absolute Gasteiger partial charge is 0.334 e. The number of H-pyrrole nitrogens is 1. The van der Waals surface area contributed by atoms with Crippen LogP contribution in [0.4, 0.5) is 23.7 Å².